The molecule has 2 aromatic carbocycles. The second kappa shape index (κ2) is 7.12. The van der Waals surface area contributed by atoms with Gasteiger partial charge in [-0.25, -0.2) is 0 Å². The van der Waals surface area contributed by atoms with E-state index in [2.05, 4.69) is 10.9 Å². The number of carbonyl (C=O) groups is 2. The number of hydrogen-bond donors (Lipinski definition) is 2. The molecular formula is C16H16N2O4. The van der Waals surface area contributed by atoms with Gasteiger partial charge in [-0.05, 0) is 30.3 Å². The Morgan fingerprint density at radius 1 is 0.773 bits per heavy atom. The van der Waals surface area contributed by atoms with E-state index in [1.165, 1.54) is 20.3 Å². The first kappa shape index (κ1) is 15.4. The maximum Gasteiger partial charge on any atom is 0.269 e. The molecule has 0 radical (unpaired) electrons. The lowest BCUT2D eigenvalue weighted by atomic mass is 10.2. The van der Waals surface area contributed by atoms with E-state index < -0.39 is 11.8 Å². The molecule has 0 aliphatic rings. The van der Waals surface area contributed by atoms with Gasteiger partial charge in [0.25, 0.3) is 11.8 Å². The van der Waals surface area contributed by atoms with Crippen LogP contribution in [0.25, 0.3) is 0 Å². The zero-order valence-electron chi connectivity index (χ0n) is 12.3. The number of methoxy groups -OCH3 is 2. The van der Waals surface area contributed by atoms with Crippen LogP contribution in [0.5, 0.6) is 11.5 Å². The highest BCUT2D eigenvalue weighted by Crippen LogP contribution is 2.27. The Kier molecular flexibility index (Phi) is 4.98. The molecule has 2 aromatic rings. The predicted molar refractivity (Wildman–Crippen MR) is 80.9 cm³/mol. The third-order valence-electron chi connectivity index (χ3n) is 2.97. The van der Waals surface area contributed by atoms with E-state index in [-0.39, 0.29) is 0 Å². The number of nitrogens with one attached hydrogen (secondary N) is 2. The maximum absolute atomic E-state index is 12.0. The van der Waals surface area contributed by atoms with E-state index in [0.29, 0.717) is 22.6 Å². The molecule has 2 amide bonds. The van der Waals surface area contributed by atoms with E-state index in [1.54, 1.807) is 42.5 Å². The van der Waals surface area contributed by atoms with Crippen molar-refractivity contribution in [1.82, 2.24) is 10.9 Å². The Hall–Kier alpha value is -3.02. The predicted octanol–water partition coefficient (Wildman–Crippen LogP) is 1.78. The van der Waals surface area contributed by atoms with Gasteiger partial charge in [0, 0.05) is 11.1 Å². The van der Waals surface area contributed by atoms with Gasteiger partial charge in [0.2, 0.25) is 0 Å². The van der Waals surface area contributed by atoms with Crippen molar-refractivity contribution in [2.45, 2.75) is 0 Å². The molecule has 0 heterocycles. The number of hydrogen-bond acceptors (Lipinski definition) is 4. The Balaban J connectivity index is 2.02. The zero-order chi connectivity index (χ0) is 15.9. The summed E-state index contributed by atoms with van der Waals surface area (Å²) in [5, 5.41) is 0. The highest BCUT2D eigenvalue weighted by atomic mass is 16.5. The third-order valence-corrected chi connectivity index (χ3v) is 2.97. The molecule has 0 fully saturated rings. The van der Waals surface area contributed by atoms with Gasteiger partial charge < -0.3 is 9.47 Å². The lowest BCUT2D eigenvalue weighted by Gasteiger charge is -2.10. The van der Waals surface area contributed by atoms with Crippen molar-refractivity contribution < 1.29 is 19.1 Å². The van der Waals surface area contributed by atoms with Crippen molar-refractivity contribution in [3.8, 4) is 11.5 Å². The number of carbonyl (C=O) groups excluding carboxylic acids is 2. The summed E-state index contributed by atoms with van der Waals surface area (Å²) < 4.78 is 10.2. The van der Waals surface area contributed by atoms with Gasteiger partial charge in [-0.2, -0.15) is 0 Å². The van der Waals surface area contributed by atoms with Crippen molar-refractivity contribution in [3.63, 3.8) is 0 Å². The summed E-state index contributed by atoms with van der Waals surface area (Å²) in [5.74, 6) is 0.108. The fourth-order valence-electron chi connectivity index (χ4n) is 1.82. The number of benzene rings is 2. The molecule has 114 valence electrons. The maximum atomic E-state index is 12.0. The molecule has 0 saturated heterocycles. The van der Waals surface area contributed by atoms with Gasteiger partial charge in [-0.15, -0.1) is 0 Å². The molecule has 0 saturated carbocycles. The van der Waals surface area contributed by atoms with Gasteiger partial charge in [-0.1, -0.05) is 18.2 Å². The molecular weight excluding hydrogens is 284 g/mol. The van der Waals surface area contributed by atoms with Gasteiger partial charge in [-0.3, -0.25) is 20.4 Å². The number of rotatable bonds is 4. The second-order valence-electron chi connectivity index (χ2n) is 4.34. The van der Waals surface area contributed by atoms with Crippen LogP contribution >= 0.6 is 0 Å². The molecule has 2 rings (SSSR count). The molecule has 2 N–H and O–H groups in total. The number of hydrazine groups is 1. The minimum atomic E-state index is -0.453. The minimum Gasteiger partial charge on any atom is -0.493 e. The number of amides is 2. The molecule has 0 spiro atoms. The lowest BCUT2D eigenvalue weighted by Crippen LogP contribution is -2.41. The standard InChI is InChI=1S/C16H16N2O4/c1-21-13-9-8-12(10-14(13)22-2)16(20)18-17-15(19)11-6-4-3-5-7-11/h3-10H,1-2H3,(H,17,19)(H,18,20). The first-order valence-corrected chi connectivity index (χ1v) is 6.53. The van der Waals surface area contributed by atoms with Gasteiger partial charge in [0.15, 0.2) is 11.5 Å². The van der Waals surface area contributed by atoms with Crippen LogP contribution in [-0.2, 0) is 0 Å². The minimum absolute atomic E-state index is 0.339. The first-order valence-electron chi connectivity index (χ1n) is 6.53. The van der Waals surface area contributed by atoms with E-state index in [4.69, 9.17) is 9.47 Å². The molecule has 6 heteroatoms. The summed E-state index contributed by atoms with van der Waals surface area (Å²) in [6.45, 7) is 0. The molecule has 0 aliphatic carbocycles. The van der Waals surface area contributed by atoms with Crippen LogP contribution in [0.2, 0.25) is 0 Å². The normalized spacial score (nSPS) is 9.73. The molecule has 0 unspecified atom stereocenters. The largest absolute Gasteiger partial charge is 0.493 e. The summed E-state index contributed by atoms with van der Waals surface area (Å²) in [7, 11) is 2.99. The quantitative estimate of drug-likeness (QED) is 0.844. The van der Waals surface area contributed by atoms with E-state index in [0.717, 1.165) is 0 Å². The molecule has 22 heavy (non-hydrogen) atoms. The van der Waals surface area contributed by atoms with E-state index in [1.807, 2.05) is 0 Å². The van der Waals surface area contributed by atoms with Crippen LogP contribution in [0, 0.1) is 0 Å². The van der Waals surface area contributed by atoms with Crippen molar-refractivity contribution in [2.24, 2.45) is 0 Å². The summed E-state index contributed by atoms with van der Waals surface area (Å²) in [6.07, 6.45) is 0. The Morgan fingerprint density at radius 2 is 1.36 bits per heavy atom. The van der Waals surface area contributed by atoms with Crippen molar-refractivity contribution in [3.05, 3.63) is 59.7 Å². The summed E-state index contributed by atoms with van der Waals surface area (Å²) in [5.41, 5.74) is 5.50. The van der Waals surface area contributed by atoms with Crippen molar-refractivity contribution in [1.29, 1.82) is 0 Å². The van der Waals surface area contributed by atoms with E-state index >= 15 is 0 Å². The molecule has 0 bridgehead atoms. The van der Waals surface area contributed by atoms with Crippen LogP contribution in [0.15, 0.2) is 48.5 Å². The highest BCUT2D eigenvalue weighted by molar-refractivity contribution is 5.99. The topological polar surface area (TPSA) is 76.7 Å². The second-order valence-corrected chi connectivity index (χ2v) is 4.34. The summed E-state index contributed by atoms with van der Waals surface area (Å²) in [4.78, 5) is 23.9. The van der Waals surface area contributed by atoms with Crippen LogP contribution < -0.4 is 20.3 Å². The molecule has 6 nitrogen and oxygen atoms in total. The Morgan fingerprint density at radius 3 is 1.95 bits per heavy atom. The Labute approximate surface area is 128 Å². The zero-order valence-corrected chi connectivity index (χ0v) is 12.3. The van der Waals surface area contributed by atoms with Crippen LogP contribution in [0.1, 0.15) is 20.7 Å². The van der Waals surface area contributed by atoms with Crippen molar-refractivity contribution >= 4 is 11.8 Å². The van der Waals surface area contributed by atoms with Crippen LogP contribution in [-0.4, -0.2) is 26.0 Å². The molecule has 0 aliphatic heterocycles. The SMILES string of the molecule is COc1ccc(C(=O)NNC(=O)c2ccccc2)cc1OC. The first-order chi connectivity index (χ1) is 10.7. The van der Waals surface area contributed by atoms with Gasteiger partial charge in [0.1, 0.15) is 0 Å². The smallest absolute Gasteiger partial charge is 0.269 e. The average molecular weight is 300 g/mol. The fraction of sp³-hybridized carbons (Fsp3) is 0.125. The monoisotopic (exact) mass is 300 g/mol. The van der Waals surface area contributed by atoms with Gasteiger partial charge >= 0.3 is 0 Å². The Bertz CT molecular complexity index is 671. The van der Waals surface area contributed by atoms with Crippen molar-refractivity contribution in [2.75, 3.05) is 14.2 Å². The van der Waals surface area contributed by atoms with E-state index in [9.17, 15) is 9.59 Å². The van der Waals surface area contributed by atoms with Crippen LogP contribution in [0.3, 0.4) is 0 Å². The lowest BCUT2D eigenvalue weighted by molar-refractivity contribution is 0.0846. The fourth-order valence-corrected chi connectivity index (χ4v) is 1.82. The van der Waals surface area contributed by atoms with Gasteiger partial charge in [0.05, 0.1) is 14.2 Å². The summed E-state index contributed by atoms with van der Waals surface area (Å²) in [6, 6.07) is 13.3. The highest BCUT2D eigenvalue weighted by Gasteiger charge is 2.12. The summed E-state index contributed by atoms with van der Waals surface area (Å²) >= 11 is 0. The molecule has 0 atom stereocenters. The average Bonchev–Trinajstić information content (AvgIpc) is 2.59. The van der Waals surface area contributed by atoms with Crippen LogP contribution in [0.4, 0.5) is 0 Å². The third kappa shape index (κ3) is 3.54. The molecule has 0 aromatic heterocycles. The number of ether oxygens (including phenoxy) is 2.